The van der Waals surface area contributed by atoms with Crippen molar-refractivity contribution in [3.63, 3.8) is 0 Å². The normalized spacial score (nSPS) is 10.7. The monoisotopic (exact) mass is 453 g/mol. The minimum atomic E-state index is -0.218. The van der Waals surface area contributed by atoms with E-state index in [2.05, 4.69) is 27.1 Å². The number of nitrogens with zero attached hydrogens (tertiary/aromatic N) is 4. The second kappa shape index (κ2) is 9.43. The zero-order valence-electron chi connectivity index (χ0n) is 14.4. The molecule has 1 amide bonds. The summed E-state index contributed by atoms with van der Waals surface area (Å²) in [4.78, 5) is 16.2. The van der Waals surface area contributed by atoms with Crippen molar-refractivity contribution in [1.82, 2.24) is 19.7 Å². The van der Waals surface area contributed by atoms with E-state index in [1.165, 1.54) is 18.0 Å². The van der Waals surface area contributed by atoms with Crippen LogP contribution in [0, 0.1) is 0 Å². The third kappa shape index (κ3) is 5.05. The number of hydrogen-bond acceptors (Lipinski definition) is 5. The van der Waals surface area contributed by atoms with E-state index in [0.29, 0.717) is 38.4 Å². The van der Waals surface area contributed by atoms with Crippen molar-refractivity contribution < 1.29 is 4.79 Å². The molecule has 1 aromatic carbocycles. The minimum absolute atomic E-state index is 0.140. The molecule has 0 bridgehead atoms. The first kappa shape index (κ1) is 20.7. The van der Waals surface area contributed by atoms with Crippen LogP contribution in [0.2, 0.25) is 15.1 Å². The van der Waals surface area contributed by atoms with Crippen molar-refractivity contribution in [2.45, 2.75) is 11.7 Å². The highest BCUT2D eigenvalue weighted by Crippen LogP contribution is 2.29. The first-order valence-corrected chi connectivity index (χ1v) is 10.1. The molecule has 0 aliphatic rings. The summed E-state index contributed by atoms with van der Waals surface area (Å²) in [5.74, 6) is 0.963. The van der Waals surface area contributed by atoms with Gasteiger partial charge in [-0.1, -0.05) is 52.6 Å². The van der Waals surface area contributed by atoms with Gasteiger partial charge in [-0.25, -0.2) is 4.98 Å². The Hall–Kier alpha value is -2.06. The summed E-state index contributed by atoms with van der Waals surface area (Å²) in [6.45, 7) is 4.25. The Balaban J connectivity index is 1.73. The molecule has 0 radical (unpaired) electrons. The molecule has 28 heavy (non-hydrogen) atoms. The number of allylic oxidation sites excluding steroid dienone is 1. The summed E-state index contributed by atoms with van der Waals surface area (Å²) in [5.41, 5.74) is 0.769. The number of benzene rings is 1. The summed E-state index contributed by atoms with van der Waals surface area (Å²) in [5, 5.41) is 13.1. The van der Waals surface area contributed by atoms with E-state index in [-0.39, 0.29) is 11.7 Å². The second-order valence-corrected chi connectivity index (χ2v) is 7.73. The van der Waals surface area contributed by atoms with Gasteiger partial charge in [0.1, 0.15) is 5.82 Å². The summed E-state index contributed by atoms with van der Waals surface area (Å²) in [7, 11) is 0. The molecule has 1 N–H and O–H groups in total. The fourth-order valence-corrected chi connectivity index (χ4v) is 3.45. The van der Waals surface area contributed by atoms with E-state index in [1.54, 1.807) is 30.3 Å². The number of pyridine rings is 1. The quantitative estimate of drug-likeness (QED) is 0.391. The van der Waals surface area contributed by atoms with Crippen molar-refractivity contribution in [3.05, 3.63) is 64.3 Å². The van der Waals surface area contributed by atoms with Crippen molar-refractivity contribution >= 4 is 58.3 Å². The van der Waals surface area contributed by atoms with Crippen LogP contribution in [0.25, 0.3) is 11.4 Å². The Morgan fingerprint density at radius 2 is 2.00 bits per heavy atom. The van der Waals surface area contributed by atoms with Gasteiger partial charge in [-0.05, 0) is 30.3 Å². The lowest BCUT2D eigenvalue weighted by Crippen LogP contribution is -2.15. The molecule has 0 aliphatic carbocycles. The van der Waals surface area contributed by atoms with Gasteiger partial charge in [0.25, 0.3) is 0 Å². The Kier molecular flexibility index (Phi) is 6.96. The topological polar surface area (TPSA) is 72.7 Å². The maximum atomic E-state index is 12.2. The summed E-state index contributed by atoms with van der Waals surface area (Å²) >= 11 is 19.1. The molecule has 0 saturated heterocycles. The van der Waals surface area contributed by atoms with Crippen LogP contribution in [0.1, 0.15) is 0 Å². The van der Waals surface area contributed by atoms with Crippen LogP contribution in [0.3, 0.4) is 0 Å². The van der Waals surface area contributed by atoms with Crippen LogP contribution in [0.5, 0.6) is 0 Å². The van der Waals surface area contributed by atoms with Crippen LogP contribution in [-0.4, -0.2) is 31.4 Å². The third-order valence-corrected chi connectivity index (χ3v) is 5.46. The number of carbonyl (C=O) groups is 1. The lowest BCUT2D eigenvalue weighted by molar-refractivity contribution is -0.113. The van der Waals surface area contributed by atoms with Gasteiger partial charge in [0.15, 0.2) is 11.0 Å². The molecule has 10 heteroatoms. The van der Waals surface area contributed by atoms with E-state index < -0.39 is 0 Å². The van der Waals surface area contributed by atoms with Gasteiger partial charge in [-0.2, -0.15) is 0 Å². The van der Waals surface area contributed by atoms with Crippen LogP contribution in [0.4, 0.5) is 5.82 Å². The molecule has 3 rings (SSSR count). The first-order valence-electron chi connectivity index (χ1n) is 8.01. The fraction of sp³-hybridized carbons (Fsp3) is 0.111. The molecule has 0 saturated carbocycles. The Bertz CT molecular complexity index is 1010. The van der Waals surface area contributed by atoms with Crippen molar-refractivity contribution in [1.29, 1.82) is 0 Å². The number of halogens is 3. The number of nitrogens with one attached hydrogen (secondary N) is 1. The number of carbonyl (C=O) groups excluding carboxylic acids is 1. The number of amides is 1. The molecule has 0 fully saturated rings. The highest BCUT2D eigenvalue weighted by Gasteiger charge is 2.16. The second-order valence-electron chi connectivity index (χ2n) is 5.53. The van der Waals surface area contributed by atoms with Crippen LogP contribution in [0.15, 0.2) is 54.3 Å². The molecule has 144 valence electrons. The number of aromatic nitrogens is 4. The predicted molar refractivity (Wildman–Crippen MR) is 114 cm³/mol. The zero-order chi connectivity index (χ0) is 20.1. The van der Waals surface area contributed by atoms with Gasteiger partial charge in [-0.15, -0.1) is 16.8 Å². The SMILES string of the molecule is C=CCn1c(SCC(=O)Nc2ccc(Cl)cn2)nnc1-c1ccc(Cl)c(Cl)c1. The third-order valence-electron chi connectivity index (χ3n) is 3.53. The average Bonchev–Trinajstić information content (AvgIpc) is 3.07. The largest absolute Gasteiger partial charge is 0.310 e. The fourth-order valence-electron chi connectivity index (χ4n) is 2.30. The number of thioether (sulfide) groups is 1. The standard InChI is InChI=1S/C18H14Cl3N5OS/c1-2-7-26-17(11-3-5-13(20)14(21)8-11)24-25-18(26)28-10-16(27)23-15-6-4-12(19)9-22-15/h2-6,8-9H,1,7,10H2,(H,22,23,27). The summed E-state index contributed by atoms with van der Waals surface area (Å²) < 4.78 is 1.85. The Morgan fingerprint density at radius 1 is 1.18 bits per heavy atom. The number of anilines is 1. The van der Waals surface area contributed by atoms with E-state index in [0.717, 1.165) is 5.56 Å². The van der Waals surface area contributed by atoms with Crippen molar-refractivity contribution in [3.8, 4) is 11.4 Å². The molecule has 2 heterocycles. The summed E-state index contributed by atoms with van der Waals surface area (Å²) in [6, 6.07) is 8.52. The molecule has 2 aromatic heterocycles. The maximum absolute atomic E-state index is 12.2. The molecule has 0 unspecified atom stereocenters. The first-order chi connectivity index (χ1) is 13.5. The van der Waals surface area contributed by atoms with Gasteiger partial charge >= 0.3 is 0 Å². The van der Waals surface area contributed by atoms with Gasteiger partial charge in [0.2, 0.25) is 5.91 Å². The number of hydrogen-bond donors (Lipinski definition) is 1. The van der Waals surface area contributed by atoms with Crippen LogP contribution in [-0.2, 0) is 11.3 Å². The van der Waals surface area contributed by atoms with Crippen LogP contribution >= 0.6 is 46.6 Å². The van der Waals surface area contributed by atoms with E-state index in [4.69, 9.17) is 34.8 Å². The zero-order valence-corrected chi connectivity index (χ0v) is 17.5. The van der Waals surface area contributed by atoms with Gasteiger partial charge in [0, 0.05) is 18.3 Å². The molecule has 0 atom stereocenters. The van der Waals surface area contributed by atoms with E-state index in [1.807, 2.05) is 10.6 Å². The molecular formula is C18H14Cl3N5OS. The highest BCUT2D eigenvalue weighted by atomic mass is 35.5. The predicted octanol–water partition coefficient (Wildman–Crippen LogP) is 5.22. The molecule has 3 aromatic rings. The highest BCUT2D eigenvalue weighted by molar-refractivity contribution is 7.99. The lowest BCUT2D eigenvalue weighted by atomic mass is 10.2. The van der Waals surface area contributed by atoms with Crippen molar-refractivity contribution in [2.24, 2.45) is 0 Å². The minimum Gasteiger partial charge on any atom is -0.310 e. The Labute approximate surface area is 180 Å². The van der Waals surface area contributed by atoms with Crippen LogP contribution < -0.4 is 5.32 Å². The summed E-state index contributed by atoms with van der Waals surface area (Å²) in [6.07, 6.45) is 3.20. The smallest absolute Gasteiger partial charge is 0.236 e. The van der Waals surface area contributed by atoms with Gasteiger partial charge < -0.3 is 5.32 Å². The molecular weight excluding hydrogens is 441 g/mol. The van der Waals surface area contributed by atoms with E-state index in [9.17, 15) is 4.79 Å². The van der Waals surface area contributed by atoms with Gasteiger partial charge in [-0.3, -0.25) is 9.36 Å². The molecule has 0 aliphatic heterocycles. The number of rotatable bonds is 7. The lowest BCUT2D eigenvalue weighted by Gasteiger charge is -2.08. The van der Waals surface area contributed by atoms with E-state index >= 15 is 0 Å². The Morgan fingerprint density at radius 3 is 2.68 bits per heavy atom. The average molecular weight is 455 g/mol. The van der Waals surface area contributed by atoms with Gasteiger partial charge in [0.05, 0.1) is 20.8 Å². The molecule has 0 spiro atoms. The molecule has 6 nitrogen and oxygen atoms in total. The maximum Gasteiger partial charge on any atom is 0.236 e. The van der Waals surface area contributed by atoms with Crippen molar-refractivity contribution in [2.75, 3.05) is 11.1 Å².